The SMILES string of the molecule is CC(C)N1CCCCC1Cc1noc(C2CCCNC2)n1. The Kier molecular flexibility index (Phi) is 4.91. The third-order valence-electron chi connectivity index (χ3n) is 4.88. The van der Waals surface area contributed by atoms with Crippen LogP contribution in [0.25, 0.3) is 0 Å². The van der Waals surface area contributed by atoms with Crippen molar-refractivity contribution in [1.29, 1.82) is 0 Å². The third-order valence-corrected chi connectivity index (χ3v) is 4.88. The molecule has 118 valence electrons. The Morgan fingerprint density at radius 1 is 1.29 bits per heavy atom. The van der Waals surface area contributed by atoms with Gasteiger partial charge in [0.15, 0.2) is 5.82 Å². The molecule has 0 aromatic carbocycles. The summed E-state index contributed by atoms with van der Waals surface area (Å²) in [6.07, 6.45) is 7.20. The molecule has 2 fully saturated rings. The normalized spacial score (nSPS) is 28.1. The third kappa shape index (κ3) is 3.64. The molecule has 5 nitrogen and oxygen atoms in total. The van der Waals surface area contributed by atoms with Crippen molar-refractivity contribution in [2.45, 2.75) is 70.4 Å². The van der Waals surface area contributed by atoms with Crippen LogP contribution in [-0.2, 0) is 6.42 Å². The fraction of sp³-hybridized carbons (Fsp3) is 0.875. The topological polar surface area (TPSA) is 54.2 Å². The molecule has 21 heavy (non-hydrogen) atoms. The van der Waals surface area contributed by atoms with Crippen LogP contribution in [0.4, 0.5) is 0 Å². The molecule has 0 saturated carbocycles. The van der Waals surface area contributed by atoms with Crippen LogP contribution in [0.2, 0.25) is 0 Å². The molecule has 0 spiro atoms. The van der Waals surface area contributed by atoms with Gasteiger partial charge in [-0.2, -0.15) is 4.98 Å². The van der Waals surface area contributed by atoms with Crippen molar-refractivity contribution in [2.24, 2.45) is 0 Å². The second kappa shape index (κ2) is 6.88. The number of aromatic nitrogens is 2. The maximum absolute atomic E-state index is 5.52. The van der Waals surface area contributed by atoms with E-state index in [9.17, 15) is 0 Å². The van der Waals surface area contributed by atoms with Crippen molar-refractivity contribution in [3.8, 4) is 0 Å². The fourth-order valence-corrected chi connectivity index (χ4v) is 3.71. The van der Waals surface area contributed by atoms with Crippen LogP contribution in [0.15, 0.2) is 4.52 Å². The molecule has 3 rings (SSSR count). The van der Waals surface area contributed by atoms with Crippen LogP contribution in [0.5, 0.6) is 0 Å². The second-order valence-corrected chi connectivity index (χ2v) is 6.78. The number of rotatable bonds is 4. The first-order valence-electron chi connectivity index (χ1n) is 8.53. The molecule has 0 bridgehead atoms. The van der Waals surface area contributed by atoms with E-state index < -0.39 is 0 Å². The van der Waals surface area contributed by atoms with Crippen LogP contribution in [0, 0.1) is 0 Å². The van der Waals surface area contributed by atoms with E-state index >= 15 is 0 Å². The van der Waals surface area contributed by atoms with Gasteiger partial charge in [0.2, 0.25) is 5.89 Å². The number of piperidine rings is 2. The molecule has 5 heteroatoms. The Hall–Kier alpha value is -0.940. The predicted molar refractivity (Wildman–Crippen MR) is 82.3 cm³/mol. The summed E-state index contributed by atoms with van der Waals surface area (Å²) in [5.41, 5.74) is 0. The maximum atomic E-state index is 5.52. The minimum absolute atomic E-state index is 0.410. The van der Waals surface area contributed by atoms with E-state index in [0.29, 0.717) is 18.0 Å². The molecule has 0 radical (unpaired) electrons. The summed E-state index contributed by atoms with van der Waals surface area (Å²) in [5.74, 6) is 2.14. The van der Waals surface area contributed by atoms with E-state index in [0.717, 1.165) is 37.6 Å². The second-order valence-electron chi connectivity index (χ2n) is 6.78. The quantitative estimate of drug-likeness (QED) is 0.923. The van der Waals surface area contributed by atoms with Gasteiger partial charge in [-0.3, -0.25) is 4.90 Å². The molecule has 3 heterocycles. The van der Waals surface area contributed by atoms with Gasteiger partial charge in [-0.1, -0.05) is 11.6 Å². The molecule has 0 aliphatic carbocycles. The minimum atomic E-state index is 0.410. The maximum Gasteiger partial charge on any atom is 0.231 e. The first kappa shape index (κ1) is 15.0. The number of likely N-dealkylation sites (tertiary alicyclic amines) is 1. The van der Waals surface area contributed by atoms with Crippen molar-refractivity contribution in [3.63, 3.8) is 0 Å². The Morgan fingerprint density at radius 3 is 2.95 bits per heavy atom. The highest BCUT2D eigenvalue weighted by atomic mass is 16.5. The standard InChI is InChI=1S/C16H28N4O/c1-12(2)20-9-4-3-7-14(20)10-15-18-16(21-19-15)13-6-5-8-17-11-13/h12-14,17H,3-11H2,1-2H3. The van der Waals surface area contributed by atoms with Crippen molar-refractivity contribution in [1.82, 2.24) is 20.4 Å². The zero-order valence-corrected chi connectivity index (χ0v) is 13.3. The minimum Gasteiger partial charge on any atom is -0.339 e. The van der Waals surface area contributed by atoms with Crippen molar-refractivity contribution >= 4 is 0 Å². The molecular formula is C16H28N4O. The highest BCUT2D eigenvalue weighted by Crippen LogP contribution is 2.24. The van der Waals surface area contributed by atoms with Gasteiger partial charge in [-0.25, -0.2) is 0 Å². The summed E-state index contributed by atoms with van der Waals surface area (Å²) in [4.78, 5) is 7.28. The average Bonchev–Trinajstić information content (AvgIpc) is 2.97. The van der Waals surface area contributed by atoms with Crippen LogP contribution in [0.3, 0.4) is 0 Å². The zero-order valence-electron chi connectivity index (χ0n) is 13.3. The van der Waals surface area contributed by atoms with E-state index in [2.05, 4.69) is 34.2 Å². The van der Waals surface area contributed by atoms with E-state index in [1.165, 1.54) is 32.2 Å². The average molecular weight is 292 g/mol. The molecule has 1 aromatic heterocycles. The summed E-state index contributed by atoms with van der Waals surface area (Å²) in [6, 6.07) is 1.18. The molecule has 1 aromatic rings. The van der Waals surface area contributed by atoms with Crippen LogP contribution >= 0.6 is 0 Å². The lowest BCUT2D eigenvalue weighted by atomic mass is 9.97. The summed E-state index contributed by atoms with van der Waals surface area (Å²) in [6.45, 7) is 7.87. The summed E-state index contributed by atoms with van der Waals surface area (Å²) in [7, 11) is 0. The monoisotopic (exact) mass is 292 g/mol. The zero-order chi connectivity index (χ0) is 14.7. The van der Waals surface area contributed by atoms with Gasteiger partial charge in [0.05, 0.1) is 5.92 Å². The lowest BCUT2D eigenvalue weighted by Crippen LogP contribution is -2.45. The smallest absolute Gasteiger partial charge is 0.231 e. The lowest BCUT2D eigenvalue weighted by molar-refractivity contribution is 0.110. The van der Waals surface area contributed by atoms with Gasteiger partial charge in [0.1, 0.15) is 0 Å². The number of hydrogen-bond donors (Lipinski definition) is 1. The molecule has 2 atom stereocenters. The van der Waals surface area contributed by atoms with E-state index in [-0.39, 0.29) is 0 Å². The number of nitrogens with one attached hydrogen (secondary N) is 1. The predicted octanol–water partition coefficient (Wildman–Crippen LogP) is 2.34. The molecule has 2 saturated heterocycles. The van der Waals surface area contributed by atoms with Gasteiger partial charge in [-0.05, 0) is 52.6 Å². The molecule has 2 unspecified atom stereocenters. The number of hydrogen-bond acceptors (Lipinski definition) is 5. The Balaban J connectivity index is 1.63. The van der Waals surface area contributed by atoms with Crippen LogP contribution < -0.4 is 5.32 Å². The van der Waals surface area contributed by atoms with Crippen molar-refractivity contribution < 1.29 is 4.52 Å². The Morgan fingerprint density at radius 2 is 2.19 bits per heavy atom. The lowest BCUT2D eigenvalue weighted by Gasteiger charge is -2.38. The van der Waals surface area contributed by atoms with Gasteiger partial charge in [0, 0.05) is 25.0 Å². The molecular weight excluding hydrogens is 264 g/mol. The Labute approximate surface area is 127 Å². The van der Waals surface area contributed by atoms with Gasteiger partial charge < -0.3 is 9.84 Å². The van der Waals surface area contributed by atoms with E-state index in [1.807, 2.05) is 0 Å². The van der Waals surface area contributed by atoms with Crippen LogP contribution in [0.1, 0.15) is 63.6 Å². The first-order valence-corrected chi connectivity index (χ1v) is 8.53. The van der Waals surface area contributed by atoms with Gasteiger partial charge in [-0.15, -0.1) is 0 Å². The van der Waals surface area contributed by atoms with Gasteiger partial charge in [0.25, 0.3) is 0 Å². The van der Waals surface area contributed by atoms with Gasteiger partial charge >= 0.3 is 0 Å². The largest absolute Gasteiger partial charge is 0.339 e. The fourth-order valence-electron chi connectivity index (χ4n) is 3.71. The summed E-state index contributed by atoms with van der Waals surface area (Å²) >= 11 is 0. The first-order chi connectivity index (χ1) is 10.2. The summed E-state index contributed by atoms with van der Waals surface area (Å²) < 4.78 is 5.52. The van der Waals surface area contributed by atoms with E-state index in [4.69, 9.17) is 4.52 Å². The van der Waals surface area contributed by atoms with Crippen LogP contribution in [-0.4, -0.2) is 46.8 Å². The molecule has 1 N–H and O–H groups in total. The highest BCUT2D eigenvalue weighted by molar-refractivity contribution is 4.99. The Bertz CT molecular complexity index is 439. The van der Waals surface area contributed by atoms with Crippen molar-refractivity contribution in [2.75, 3.05) is 19.6 Å². The molecule has 0 amide bonds. The highest BCUT2D eigenvalue weighted by Gasteiger charge is 2.27. The molecule has 2 aliphatic rings. The van der Waals surface area contributed by atoms with E-state index in [1.54, 1.807) is 0 Å². The van der Waals surface area contributed by atoms with Crippen molar-refractivity contribution in [3.05, 3.63) is 11.7 Å². The number of nitrogens with zero attached hydrogens (tertiary/aromatic N) is 3. The summed E-state index contributed by atoms with van der Waals surface area (Å²) in [5, 5.41) is 7.65. The molecule has 2 aliphatic heterocycles.